The summed E-state index contributed by atoms with van der Waals surface area (Å²) in [5, 5.41) is 0. The normalized spacial score (nSPS) is 24.0. The number of piperidine rings is 2. The maximum absolute atomic E-state index is 12.0. The van der Waals surface area contributed by atoms with Crippen LogP contribution in [0.5, 0.6) is 0 Å². The molecular weight excluding hydrogens is 276 g/mol. The van der Waals surface area contributed by atoms with Crippen LogP contribution in [0.4, 0.5) is 0 Å². The molecule has 2 aliphatic heterocycles. The van der Waals surface area contributed by atoms with Crippen LogP contribution in [0.1, 0.15) is 38.5 Å². The van der Waals surface area contributed by atoms with Crippen molar-refractivity contribution in [1.29, 1.82) is 0 Å². The molecule has 1 amide bonds. The number of carbonyl (C=O) groups is 1. The molecular formula is C14H26N2O3S. The molecule has 116 valence electrons. The van der Waals surface area contributed by atoms with Gasteiger partial charge in [-0.05, 0) is 39.3 Å². The topological polar surface area (TPSA) is 57.7 Å². The Morgan fingerprint density at radius 3 is 2.30 bits per heavy atom. The number of carbonyl (C=O) groups excluding carboxylic acids is 1. The van der Waals surface area contributed by atoms with Gasteiger partial charge in [0.25, 0.3) is 0 Å². The van der Waals surface area contributed by atoms with Crippen LogP contribution in [0.25, 0.3) is 0 Å². The number of hydrogen-bond acceptors (Lipinski definition) is 4. The number of sulfone groups is 1. The number of amides is 1. The van der Waals surface area contributed by atoms with Gasteiger partial charge in [0.05, 0.1) is 5.75 Å². The summed E-state index contributed by atoms with van der Waals surface area (Å²) in [6.07, 6.45) is 7.14. The fourth-order valence-corrected chi connectivity index (χ4v) is 4.01. The second-order valence-corrected chi connectivity index (χ2v) is 8.62. The molecule has 6 heteroatoms. The Balaban J connectivity index is 1.86. The van der Waals surface area contributed by atoms with E-state index < -0.39 is 9.84 Å². The Kier molecular flexibility index (Phi) is 4.74. The summed E-state index contributed by atoms with van der Waals surface area (Å²) in [4.78, 5) is 16.4. The molecule has 2 rings (SSSR count). The Hall–Kier alpha value is -0.620. The molecule has 20 heavy (non-hydrogen) atoms. The maximum atomic E-state index is 12.0. The monoisotopic (exact) mass is 302 g/mol. The van der Waals surface area contributed by atoms with E-state index in [1.54, 1.807) is 0 Å². The summed E-state index contributed by atoms with van der Waals surface area (Å²) in [5.41, 5.74) is 0.284. The largest absolute Gasteiger partial charge is 0.343 e. The maximum Gasteiger partial charge on any atom is 0.223 e. The number of nitrogens with zero attached hydrogens (tertiary/aromatic N) is 2. The van der Waals surface area contributed by atoms with Crippen molar-refractivity contribution < 1.29 is 13.2 Å². The fourth-order valence-electron chi connectivity index (χ4n) is 3.47. The lowest BCUT2D eigenvalue weighted by Gasteiger charge is -2.50. The van der Waals surface area contributed by atoms with Crippen LogP contribution >= 0.6 is 0 Å². The fraction of sp³-hybridized carbons (Fsp3) is 0.929. The first-order valence-corrected chi connectivity index (χ1v) is 9.55. The van der Waals surface area contributed by atoms with Crippen LogP contribution in [0.15, 0.2) is 0 Å². The van der Waals surface area contributed by atoms with Gasteiger partial charge in [-0.3, -0.25) is 4.79 Å². The predicted molar refractivity (Wildman–Crippen MR) is 79.4 cm³/mol. The van der Waals surface area contributed by atoms with Crippen LogP contribution in [0.2, 0.25) is 0 Å². The zero-order valence-electron chi connectivity index (χ0n) is 12.6. The number of hydrogen-bond donors (Lipinski definition) is 0. The lowest BCUT2D eigenvalue weighted by atomic mass is 9.79. The smallest absolute Gasteiger partial charge is 0.223 e. The first kappa shape index (κ1) is 15.8. The molecule has 0 radical (unpaired) electrons. The highest BCUT2D eigenvalue weighted by molar-refractivity contribution is 7.90. The quantitative estimate of drug-likeness (QED) is 0.777. The van der Waals surface area contributed by atoms with Gasteiger partial charge in [0.15, 0.2) is 0 Å². The van der Waals surface area contributed by atoms with Crippen LogP contribution in [0, 0.1) is 0 Å². The SMILES string of the molecule is CN1CCCCC12CCN(C(=O)CCS(C)(=O)=O)CC2. The molecule has 2 aliphatic rings. The highest BCUT2D eigenvalue weighted by Crippen LogP contribution is 2.36. The van der Waals surface area contributed by atoms with E-state index >= 15 is 0 Å². The minimum atomic E-state index is -3.05. The van der Waals surface area contributed by atoms with Gasteiger partial charge >= 0.3 is 0 Å². The molecule has 1 spiro atoms. The molecule has 0 aromatic rings. The van der Waals surface area contributed by atoms with Crippen molar-refractivity contribution in [3.63, 3.8) is 0 Å². The lowest BCUT2D eigenvalue weighted by Crippen LogP contribution is -2.56. The van der Waals surface area contributed by atoms with Gasteiger partial charge in [0, 0.05) is 31.3 Å². The Morgan fingerprint density at radius 2 is 1.75 bits per heavy atom. The highest BCUT2D eigenvalue weighted by Gasteiger charge is 2.40. The van der Waals surface area contributed by atoms with Gasteiger partial charge in [-0.1, -0.05) is 6.42 Å². The molecule has 0 aliphatic carbocycles. The van der Waals surface area contributed by atoms with E-state index in [2.05, 4.69) is 11.9 Å². The summed E-state index contributed by atoms with van der Waals surface area (Å²) >= 11 is 0. The van der Waals surface area contributed by atoms with Gasteiger partial charge in [-0.2, -0.15) is 0 Å². The van der Waals surface area contributed by atoms with Crippen molar-refractivity contribution in [2.75, 3.05) is 38.7 Å². The standard InChI is InChI=1S/C14H26N2O3S/c1-15-9-4-3-6-14(15)7-10-16(11-8-14)13(17)5-12-20(2,18)19/h3-12H2,1-2H3. The van der Waals surface area contributed by atoms with E-state index in [0.29, 0.717) is 0 Å². The summed E-state index contributed by atoms with van der Waals surface area (Å²) in [6, 6.07) is 0. The Labute approximate surface area is 122 Å². The third-order valence-electron chi connectivity index (χ3n) is 4.93. The highest BCUT2D eigenvalue weighted by atomic mass is 32.2. The van der Waals surface area contributed by atoms with Crippen molar-refractivity contribution in [2.45, 2.75) is 44.1 Å². The molecule has 2 heterocycles. The van der Waals surface area contributed by atoms with Gasteiger partial charge < -0.3 is 9.80 Å². The van der Waals surface area contributed by atoms with Crippen LogP contribution in [-0.4, -0.2) is 68.4 Å². The van der Waals surface area contributed by atoms with Crippen molar-refractivity contribution >= 4 is 15.7 Å². The van der Waals surface area contributed by atoms with Crippen molar-refractivity contribution in [3.05, 3.63) is 0 Å². The van der Waals surface area contributed by atoms with E-state index in [-0.39, 0.29) is 23.6 Å². The summed E-state index contributed by atoms with van der Waals surface area (Å²) in [6.45, 7) is 2.70. The zero-order chi connectivity index (χ0) is 14.8. The minimum absolute atomic E-state index is 0.0104. The summed E-state index contributed by atoms with van der Waals surface area (Å²) in [7, 11) is -0.855. The third kappa shape index (κ3) is 3.73. The van der Waals surface area contributed by atoms with E-state index in [0.717, 1.165) is 32.5 Å². The molecule has 0 atom stereocenters. The van der Waals surface area contributed by atoms with E-state index in [1.165, 1.54) is 25.5 Å². The number of likely N-dealkylation sites (tertiary alicyclic amines) is 2. The van der Waals surface area contributed by atoms with E-state index in [1.807, 2.05) is 4.90 Å². The first-order chi connectivity index (χ1) is 9.32. The van der Waals surface area contributed by atoms with Crippen LogP contribution in [0.3, 0.4) is 0 Å². The average Bonchev–Trinajstić information content (AvgIpc) is 2.40. The molecule has 0 bridgehead atoms. The second kappa shape index (κ2) is 6.02. The van der Waals surface area contributed by atoms with Crippen molar-refractivity contribution in [2.24, 2.45) is 0 Å². The molecule has 0 aromatic carbocycles. The lowest BCUT2D eigenvalue weighted by molar-refractivity contribution is -0.133. The van der Waals surface area contributed by atoms with Crippen molar-refractivity contribution in [1.82, 2.24) is 9.80 Å². The Bertz CT molecular complexity index is 453. The van der Waals surface area contributed by atoms with Gasteiger partial charge in [-0.25, -0.2) is 8.42 Å². The van der Waals surface area contributed by atoms with Crippen molar-refractivity contribution in [3.8, 4) is 0 Å². The zero-order valence-corrected chi connectivity index (χ0v) is 13.4. The van der Waals surface area contributed by atoms with E-state index in [4.69, 9.17) is 0 Å². The van der Waals surface area contributed by atoms with Crippen LogP contribution < -0.4 is 0 Å². The number of rotatable bonds is 3. The van der Waals surface area contributed by atoms with Crippen LogP contribution in [-0.2, 0) is 14.6 Å². The van der Waals surface area contributed by atoms with Gasteiger partial charge in [0.1, 0.15) is 9.84 Å². The minimum Gasteiger partial charge on any atom is -0.343 e. The Morgan fingerprint density at radius 1 is 1.10 bits per heavy atom. The molecule has 2 saturated heterocycles. The predicted octanol–water partition coefficient (Wildman–Crippen LogP) is 0.898. The van der Waals surface area contributed by atoms with E-state index in [9.17, 15) is 13.2 Å². The molecule has 0 unspecified atom stereocenters. The molecule has 2 fully saturated rings. The first-order valence-electron chi connectivity index (χ1n) is 7.49. The molecule has 0 aromatic heterocycles. The van der Waals surface area contributed by atoms with Gasteiger partial charge in [-0.15, -0.1) is 0 Å². The third-order valence-corrected chi connectivity index (χ3v) is 5.87. The molecule has 0 N–H and O–H groups in total. The summed E-state index contributed by atoms with van der Waals surface area (Å²) < 4.78 is 22.3. The molecule has 0 saturated carbocycles. The second-order valence-electron chi connectivity index (χ2n) is 6.36. The summed E-state index contributed by atoms with van der Waals surface area (Å²) in [5.74, 6) is -0.0448. The average molecular weight is 302 g/mol. The van der Waals surface area contributed by atoms with Gasteiger partial charge in [0.2, 0.25) is 5.91 Å². The molecule has 5 nitrogen and oxygen atoms in total.